The van der Waals surface area contributed by atoms with Crippen LogP contribution in [0.5, 0.6) is 0 Å². The summed E-state index contributed by atoms with van der Waals surface area (Å²) >= 11 is 0. The van der Waals surface area contributed by atoms with Crippen LogP contribution in [-0.2, 0) is 20.0 Å². The number of amides is 1. The third-order valence-corrected chi connectivity index (χ3v) is 5.75. The standard InChI is InChI=1S/C15H20FNO3S/c1-15(2,11-5-7-12(16)8-6-11)14(18)17-13-4-3-9-21(19,20)10-13/h5-8,13H,3-4,9-10H2,1-2H3,(H,17,18)/t13-/m1/s1. The van der Waals surface area contributed by atoms with Crippen LogP contribution >= 0.6 is 0 Å². The Kier molecular flexibility index (Phi) is 4.37. The van der Waals surface area contributed by atoms with E-state index in [1.807, 2.05) is 0 Å². The third-order valence-electron chi connectivity index (χ3n) is 3.93. The van der Waals surface area contributed by atoms with Crippen LogP contribution in [-0.4, -0.2) is 31.9 Å². The summed E-state index contributed by atoms with van der Waals surface area (Å²) in [7, 11) is -3.06. The first-order chi connectivity index (χ1) is 9.71. The predicted octanol–water partition coefficient (Wildman–Crippen LogP) is 1.80. The zero-order valence-electron chi connectivity index (χ0n) is 12.2. The van der Waals surface area contributed by atoms with E-state index in [9.17, 15) is 17.6 Å². The number of hydrogen-bond acceptors (Lipinski definition) is 3. The molecule has 0 spiro atoms. The Morgan fingerprint density at radius 2 is 1.90 bits per heavy atom. The molecule has 1 amide bonds. The molecule has 116 valence electrons. The van der Waals surface area contributed by atoms with Crippen LogP contribution in [0.1, 0.15) is 32.3 Å². The summed E-state index contributed by atoms with van der Waals surface area (Å²) in [4.78, 5) is 12.4. The highest BCUT2D eigenvalue weighted by Crippen LogP contribution is 2.24. The molecule has 4 nitrogen and oxygen atoms in total. The molecule has 1 N–H and O–H groups in total. The van der Waals surface area contributed by atoms with E-state index >= 15 is 0 Å². The molecule has 1 atom stereocenters. The fraction of sp³-hybridized carbons (Fsp3) is 0.533. The largest absolute Gasteiger partial charge is 0.352 e. The number of sulfone groups is 1. The molecule has 1 fully saturated rings. The van der Waals surface area contributed by atoms with Gasteiger partial charge in [0, 0.05) is 6.04 Å². The van der Waals surface area contributed by atoms with Gasteiger partial charge in [0.05, 0.1) is 16.9 Å². The minimum atomic E-state index is -3.06. The van der Waals surface area contributed by atoms with E-state index in [-0.39, 0.29) is 29.3 Å². The monoisotopic (exact) mass is 313 g/mol. The van der Waals surface area contributed by atoms with Gasteiger partial charge in [-0.1, -0.05) is 12.1 Å². The third kappa shape index (κ3) is 3.81. The van der Waals surface area contributed by atoms with Crippen molar-refractivity contribution in [2.75, 3.05) is 11.5 Å². The smallest absolute Gasteiger partial charge is 0.230 e. The minimum absolute atomic E-state index is 0.00175. The summed E-state index contributed by atoms with van der Waals surface area (Å²) in [5.41, 5.74) is -0.144. The van der Waals surface area contributed by atoms with E-state index in [2.05, 4.69) is 5.32 Å². The number of hydrogen-bond donors (Lipinski definition) is 1. The molecule has 0 aliphatic carbocycles. The number of carbonyl (C=O) groups excluding carboxylic acids is 1. The van der Waals surface area contributed by atoms with Gasteiger partial charge < -0.3 is 5.32 Å². The van der Waals surface area contributed by atoms with Crippen molar-refractivity contribution in [3.8, 4) is 0 Å². The Morgan fingerprint density at radius 1 is 1.29 bits per heavy atom. The first-order valence-corrected chi connectivity index (χ1v) is 8.80. The summed E-state index contributed by atoms with van der Waals surface area (Å²) in [6.07, 6.45) is 1.24. The highest BCUT2D eigenvalue weighted by Gasteiger charge is 2.33. The average molecular weight is 313 g/mol. The van der Waals surface area contributed by atoms with Crippen molar-refractivity contribution in [2.45, 2.75) is 38.1 Å². The number of benzene rings is 1. The maximum Gasteiger partial charge on any atom is 0.230 e. The molecule has 0 radical (unpaired) electrons. The van der Waals surface area contributed by atoms with Crippen molar-refractivity contribution in [1.82, 2.24) is 5.32 Å². The van der Waals surface area contributed by atoms with E-state index in [1.54, 1.807) is 26.0 Å². The van der Waals surface area contributed by atoms with Gasteiger partial charge in [-0.2, -0.15) is 0 Å². The molecule has 1 aromatic rings. The fourth-order valence-electron chi connectivity index (χ4n) is 2.50. The molecule has 6 heteroatoms. The first-order valence-electron chi connectivity index (χ1n) is 6.98. The predicted molar refractivity (Wildman–Crippen MR) is 79.2 cm³/mol. The number of nitrogens with one attached hydrogen (secondary N) is 1. The van der Waals surface area contributed by atoms with E-state index < -0.39 is 15.3 Å². The Labute approximate surface area is 124 Å². The van der Waals surface area contributed by atoms with Crippen molar-refractivity contribution in [2.24, 2.45) is 0 Å². The lowest BCUT2D eigenvalue weighted by molar-refractivity contribution is -0.126. The summed E-state index contributed by atoms with van der Waals surface area (Å²) < 4.78 is 36.2. The average Bonchev–Trinajstić information content (AvgIpc) is 2.38. The summed E-state index contributed by atoms with van der Waals surface area (Å²) in [6.45, 7) is 3.49. The number of carbonyl (C=O) groups is 1. The Hall–Kier alpha value is -1.43. The molecule has 21 heavy (non-hydrogen) atoms. The molecule has 1 saturated heterocycles. The van der Waals surface area contributed by atoms with Gasteiger partial charge in [0.25, 0.3) is 0 Å². The zero-order chi connectivity index (χ0) is 15.7. The molecule has 1 heterocycles. The van der Waals surface area contributed by atoms with Gasteiger partial charge in [-0.3, -0.25) is 4.79 Å². The minimum Gasteiger partial charge on any atom is -0.352 e. The van der Waals surface area contributed by atoms with Gasteiger partial charge in [0.1, 0.15) is 5.82 Å². The van der Waals surface area contributed by atoms with Gasteiger partial charge in [-0.25, -0.2) is 12.8 Å². The van der Waals surface area contributed by atoms with Crippen LogP contribution in [0.25, 0.3) is 0 Å². The van der Waals surface area contributed by atoms with Gasteiger partial charge in [-0.15, -0.1) is 0 Å². The number of halogens is 1. The second-order valence-electron chi connectivity index (χ2n) is 6.06. The van der Waals surface area contributed by atoms with E-state index in [4.69, 9.17) is 0 Å². The van der Waals surface area contributed by atoms with Gasteiger partial charge in [0.2, 0.25) is 5.91 Å². The van der Waals surface area contributed by atoms with Crippen LogP contribution in [0.3, 0.4) is 0 Å². The second-order valence-corrected chi connectivity index (χ2v) is 8.29. The van der Waals surface area contributed by atoms with Crippen LogP contribution in [0.15, 0.2) is 24.3 Å². The maximum atomic E-state index is 13.0. The van der Waals surface area contributed by atoms with Crippen LogP contribution in [0, 0.1) is 5.82 Å². The molecule has 1 aliphatic heterocycles. The molecule has 0 aromatic heterocycles. The highest BCUT2D eigenvalue weighted by atomic mass is 32.2. The normalized spacial score (nSPS) is 21.8. The lowest BCUT2D eigenvalue weighted by atomic mass is 9.83. The molecule has 2 rings (SSSR count). The van der Waals surface area contributed by atoms with Crippen LogP contribution < -0.4 is 5.32 Å². The quantitative estimate of drug-likeness (QED) is 0.925. The van der Waals surface area contributed by atoms with E-state index in [0.29, 0.717) is 18.4 Å². The number of rotatable bonds is 3. The van der Waals surface area contributed by atoms with Crippen LogP contribution in [0.2, 0.25) is 0 Å². The lowest BCUT2D eigenvalue weighted by Gasteiger charge is -2.29. The summed E-state index contributed by atoms with van der Waals surface area (Å²) in [5.74, 6) is -0.400. The van der Waals surface area contributed by atoms with E-state index in [0.717, 1.165) is 0 Å². The molecular weight excluding hydrogens is 293 g/mol. The second kappa shape index (κ2) is 5.75. The van der Waals surface area contributed by atoms with E-state index in [1.165, 1.54) is 12.1 Å². The molecule has 0 saturated carbocycles. The van der Waals surface area contributed by atoms with Gasteiger partial charge >= 0.3 is 0 Å². The molecule has 0 unspecified atom stereocenters. The lowest BCUT2D eigenvalue weighted by Crippen LogP contribution is -2.49. The SMILES string of the molecule is CC(C)(C(=O)N[C@@H]1CCCS(=O)(=O)C1)c1ccc(F)cc1. The van der Waals surface area contributed by atoms with Crippen molar-refractivity contribution >= 4 is 15.7 Å². The molecule has 1 aliphatic rings. The van der Waals surface area contributed by atoms with Gasteiger partial charge in [0.15, 0.2) is 9.84 Å². The molecule has 0 bridgehead atoms. The molecule has 1 aromatic carbocycles. The first kappa shape index (κ1) is 15.9. The van der Waals surface area contributed by atoms with Crippen LogP contribution in [0.4, 0.5) is 4.39 Å². The van der Waals surface area contributed by atoms with Crippen molar-refractivity contribution < 1.29 is 17.6 Å². The van der Waals surface area contributed by atoms with Crippen molar-refractivity contribution in [3.05, 3.63) is 35.6 Å². The summed E-state index contributed by atoms with van der Waals surface area (Å²) in [6, 6.07) is 5.44. The van der Waals surface area contributed by atoms with Gasteiger partial charge in [-0.05, 0) is 44.4 Å². The van der Waals surface area contributed by atoms with Crippen molar-refractivity contribution in [3.63, 3.8) is 0 Å². The Balaban J connectivity index is 2.10. The fourth-order valence-corrected chi connectivity index (χ4v) is 4.14. The topological polar surface area (TPSA) is 63.2 Å². The molecular formula is C15H20FNO3S. The Bertz CT molecular complexity index is 623. The maximum absolute atomic E-state index is 13.0. The Morgan fingerprint density at radius 3 is 2.48 bits per heavy atom. The summed E-state index contributed by atoms with van der Waals surface area (Å²) in [5, 5.41) is 2.82. The van der Waals surface area contributed by atoms with Crippen molar-refractivity contribution in [1.29, 1.82) is 0 Å². The zero-order valence-corrected chi connectivity index (χ0v) is 13.0. The highest BCUT2D eigenvalue weighted by molar-refractivity contribution is 7.91.